The van der Waals surface area contributed by atoms with Crippen LogP contribution in [0.3, 0.4) is 0 Å². The molecule has 1 N–H and O–H groups in total. The lowest BCUT2D eigenvalue weighted by Crippen LogP contribution is -2.28. The van der Waals surface area contributed by atoms with Crippen molar-refractivity contribution in [3.8, 4) is 0 Å². The molecule has 0 saturated heterocycles. The minimum Gasteiger partial charge on any atom is -0.386 e. The number of aliphatic hydroxyl groups excluding tert-OH is 1. The van der Waals surface area contributed by atoms with E-state index in [0.717, 1.165) is 0 Å². The summed E-state index contributed by atoms with van der Waals surface area (Å²) in [5, 5.41) is 9.26. The van der Waals surface area contributed by atoms with E-state index in [4.69, 9.17) is 4.74 Å². The Morgan fingerprint density at radius 3 is 2.75 bits per heavy atom. The number of carbonyl (C=O) groups is 1. The van der Waals surface area contributed by atoms with Gasteiger partial charge in [-0.15, -0.1) is 6.58 Å². The molecule has 3 heteroatoms. The molecule has 0 bridgehead atoms. The first-order chi connectivity index (χ1) is 5.76. The number of ether oxygens (including phenoxy) is 1. The quantitative estimate of drug-likeness (QED) is 0.471. The molecule has 0 aromatic carbocycles. The summed E-state index contributed by atoms with van der Waals surface area (Å²) in [6.45, 7) is 5.46. The number of carbonyl (C=O) groups excluding carboxylic acids is 1. The lowest BCUT2D eigenvalue weighted by Gasteiger charge is -2.13. The van der Waals surface area contributed by atoms with Crippen molar-refractivity contribution in [2.75, 3.05) is 6.61 Å². The first kappa shape index (κ1) is 11.1. The van der Waals surface area contributed by atoms with E-state index in [9.17, 15) is 9.90 Å². The van der Waals surface area contributed by atoms with Gasteiger partial charge in [0, 0.05) is 0 Å². The molecule has 3 nitrogen and oxygen atoms in total. The van der Waals surface area contributed by atoms with Crippen LogP contribution in [-0.4, -0.2) is 30.2 Å². The zero-order valence-corrected chi connectivity index (χ0v) is 7.14. The van der Waals surface area contributed by atoms with Crippen LogP contribution in [0.1, 0.15) is 6.92 Å². The smallest absolute Gasteiger partial charge is 0.151 e. The van der Waals surface area contributed by atoms with Gasteiger partial charge in [-0.1, -0.05) is 18.2 Å². The number of rotatable bonds is 6. The van der Waals surface area contributed by atoms with E-state index >= 15 is 0 Å². The number of hydrogen-bond donors (Lipinski definition) is 1. The first-order valence-electron chi connectivity index (χ1n) is 3.75. The fourth-order valence-corrected chi connectivity index (χ4v) is 0.704. The number of aldehydes is 1. The third kappa shape index (κ3) is 4.05. The van der Waals surface area contributed by atoms with E-state index in [1.165, 1.54) is 12.2 Å². The van der Waals surface area contributed by atoms with E-state index < -0.39 is 12.2 Å². The summed E-state index contributed by atoms with van der Waals surface area (Å²) in [5.41, 5.74) is 0. The highest BCUT2D eigenvalue weighted by atomic mass is 16.5. The fraction of sp³-hybridized carbons (Fsp3) is 0.444. The van der Waals surface area contributed by atoms with Crippen molar-refractivity contribution >= 4 is 6.29 Å². The largest absolute Gasteiger partial charge is 0.386 e. The zero-order valence-electron chi connectivity index (χ0n) is 7.14. The highest BCUT2D eigenvalue weighted by molar-refractivity contribution is 5.57. The number of aliphatic hydroxyl groups is 1. The predicted molar refractivity (Wildman–Crippen MR) is 46.8 cm³/mol. The third-order valence-corrected chi connectivity index (χ3v) is 1.27. The van der Waals surface area contributed by atoms with Gasteiger partial charge in [-0.3, -0.25) is 0 Å². The molecule has 68 valence electrons. The van der Waals surface area contributed by atoms with Crippen molar-refractivity contribution in [2.24, 2.45) is 0 Å². The van der Waals surface area contributed by atoms with E-state index in [0.29, 0.717) is 6.29 Å². The molecule has 0 fully saturated rings. The summed E-state index contributed by atoms with van der Waals surface area (Å²) in [7, 11) is 0. The third-order valence-electron chi connectivity index (χ3n) is 1.27. The van der Waals surface area contributed by atoms with Crippen LogP contribution < -0.4 is 0 Å². The van der Waals surface area contributed by atoms with Gasteiger partial charge in [-0.2, -0.15) is 0 Å². The topological polar surface area (TPSA) is 46.5 Å². The second kappa shape index (κ2) is 6.76. The fourth-order valence-electron chi connectivity index (χ4n) is 0.704. The Morgan fingerprint density at radius 1 is 1.67 bits per heavy atom. The molecule has 0 aliphatic carbocycles. The molecular formula is C9H14O3. The van der Waals surface area contributed by atoms with Gasteiger partial charge in [0.1, 0.15) is 12.2 Å². The summed E-state index contributed by atoms with van der Waals surface area (Å²) in [6.07, 6.45) is 3.61. The molecule has 0 spiro atoms. The molecule has 0 aromatic rings. The van der Waals surface area contributed by atoms with Crippen molar-refractivity contribution in [1.82, 2.24) is 0 Å². The van der Waals surface area contributed by atoms with E-state index in [1.54, 1.807) is 13.0 Å². The van der Waals surface area contributed by atoms with Gasteiger partial charge in [0.15, 0.2) is 6.29 Å². The number of allylic oxidation sites excluding steroid dienone is 1. The molecule has 0 unspecified atom stereocenters. The van der Waals surface area contributed by atoms with E-state index in [2.05, 4.69) is 6.58 Å². The maximum absolute atomic E-state index is 10.4. The van der Waals surface area contributed by atoms with Crippen LogP contribution in [0.4, 0.5) is 0 Å². The average molecular weight is 170 g/mol. The van der Waals surface area contributed by atoms with E-state index in [1.807, 2.05) is 0 Å². The van der Waals surface area contributed by atoms with Gasteiger partial charge in [0.05, 0.1) is 6.61 Å². The van der Waals surface area contributed by atoms with Crippen LogP contribution in [-0.2, 0) is 9.53 Å². The highest BCUT2D eigenvalue weighted by Gasteiger charge is 2.14. The van der Waals surface area contributed by atoms with E-state index in [-0.39, 0.29) is 6.61 Å². The van der Waals surface area contributed by atoms with Crippen LogP contribution in [0, 0.1) is 0 Å². The zero-order chi connectivity index (χ0) is 9.40. The Balaban J connectivity index is 3.94. The molecule has 0 aromatic heterocycles. The molecule has 12 heavy (non-hydrogen) atoms. The summed E-state index contributed by atoms with van der Waals surface area (Å²) in [4.78, 5) is 10.4. The summed E-state index contributed by atoms with van der Waals surface area (Å²) < 4.78 is 4.97. The second-order valence-corrected chi connectivity index (χ2v) is 2.24. The Labute approximate surface area is 72.3 Å². The normalized spacial score (nSPS) is 15.8. The highest BCUT2D eigenvalue weighted by Crippen LogP contribution is 1.98. The van der Waals surface area contributed by atoms with Crippen LogP contribution in [0.2, 0.25) is 0 Å². The molecule has 0 saturated carbocycles. The Bertz CT molecular complexity index is 163. The minimum atomic E-state index is -0.868. The average Bonchev–Trinajstić information content (AvgIpc) is 2.06. The molecule has 0 radical (unpaired) electrons. The summed E-state index contributed by atoms with van der Waals surface area (Å²) >= 11 is 0. The Kier molecular flexibility index (Phi) is 6.24. The maximum Gasteiger partial charge on any atom is 0.151 e. The summed E-state index contributed by atoms with van der Waals surface area (Å²) in [6, 6.07) is 0. The Morgan fingerprint density at radius 2 is 2.33 bits per heavy atom. The SMILES string of the molecule is C=CCO[C@@H](C=O)[C@@H](O)/C=C/C. The molecule has 0 heterocycles. The van der Waals surface area contributed by atoms with Gasteiger partial charge >= 0.3 is 0 Å². The van der Waals surface area contributed by atoms with Crippen LogP contribution in [0.15, 0.2) is 24.8 Å². The van der Waals surface area contributed by atoms with Gasteiger partial charge in [-0.05, 0) is 6.92 Å². The van der Waals surface area contributed by atoms with Gasteiger partial charge in [0.25, 0.3) is 0 Å². The van der Waals surface area contributed by atoms with Gasteiger partial charge in [-0.25, -0.2) is 0 Å². The molecule has 0 amide bonds. The minimum absolute atomic E-state index is 0.262. The monoisotopic (exact) mass is 170 g/mol. The lowest BCUT2D eigenvalue weighted by atomic mass is 10.2. The standard InChI is InChI=1S/C9H14O3/c1-3-5-8(11)9(7-10)12-6-4-2/h3-5,7-9,11H,2,6H2,1H3/b5-3+/t8-,9-/m0/s1. The lowest BCUT2D eigenvalue weighted by molar-refractivity contribution is -0.122. The molecular weight excluding hydrogens is 156 g/mol. The molecule has 0 aliphatic heterocycles. The molecule has 0 rings (SSSR count). The van der Waals surface area contributed by atoms with Crippen LogP contribution >= 0.6 is 0 Å². The number of hydrogen-bond acceptors (Lipinski definition) is 3. The molecule has 0 aliphatic rings. The van der Waals surface area contributed by atoms with Crippen molar-refractivity contribution in [2.45, 2.75) is 19.1 Å². The maximum atomic E-state index is 10.4. The van der Waals surface area contributed by atoms with Crippen molar-refractivity contribution < 1.29 is 14.6 Å². The predicted octanol–water partition coefficient (Wildman–Crippen LogP) is 0.694. The van der Waals surface area contributed by atoms with Gasteiger partial charge in [0.2, 0.25) is 0 Å². The molecule has 2 atom stereocenters. The van der Waals surface area contributed by atoms with Crippen LogP contribution in [0.25, 0.3) is 0 Å². The summed E-state index contributed by atoms with van der Waals surface area (Å²) in [5.74, 6) is 0. The second-order valence-electron chi connectivity index (χ2n) is 2.24. The van der Waals surface area contributed by atoms with Crippen LogP contribution in [0.5, 0.6) is 0 Å². The first-order valence-corrected chi connectivity index (χ1v) is 3.75. The van der Waals surface area contributed by atoms with Crippen molar-refractivity contribution in [3.63, 3.8) is 0 Å². The van der Waals surface area contributed by atoms with Crippen molar-refractivity contribution in [3.05, 3.63) is 24.8 Å². The van der Waals surface area contributed by atoms with Crippen molar-refractivity contribution in [1.29, 1.82) is 0 Å². The van der Waals surface area contributed by atoms with Gasteiger partial charge < -0.3 is 14.6 Å². The Hall–Kier alpha value is -0.930.